The lowest BCUT2D eigenvalue weighted by atomic mass is 9.95. The Balaban J connectivity index is 1.84. The fraction of sp³-hybridized carbons (Fsp3) is 0.167. The molecule has 5 rings (SSSR count). The second kappa shape index (κ2) is 7.00. The number of nitrogens with zero attached hydrogens (tertiary/aromatic N) is 2. The number of amides is 2. The van der Waals surface area contributed by atoms with E-state index in [0.717, 1.165) is 39.0 Å². The van der Waals surface area contributed by atoms with Crippen molar-refractivity contribution >= 4 is 44.8 Å². The Kier molecular flexibility index (Phi) is 4.29. The summed E-state index contributed by atoms with van der Waals surface area (Å²) in [6.45, 7) is 4.79. The van der Waals surface area contributed by atoms with Crippen LogP contribution in [0.4, 0.5) is 0 Å². The first-order valence-corrected chi connectivity index (χ1v) is 10.1. The normalized spacial score (nSPS) is 14.7. The van der Waals surface area contributed by atoms with E-state index in [0.29, 0.717) is 16.7 Å². The van der Waals surface area contributed by atoms with Crippen LogP contribution >= 0.6 is 0 Å². The van der Waals surface area contributed by atoms with E-state index in [1.54, 1.807) is 13.1 Å². The maximum atomic E-state index is 13.4. The number of aryl methyl sites for hydroxylation is 1. The molecule has 0 radical (unpaired) electrons. The van der Waals surface area contributed by atoms with Gasteiger partial charge in [0.25, 0.3) is 11.8 Å². The SMILES string of the molecule is CCON1C(=O)C(c2c[nH]c3ccccc23)=C(c2cn(CC)c3ccccc23)C1=O. The van der Waals surface area contributed by atoms with Crippen molar-refractivity contribution in [2.75, 3.05) is 6.61 Å². The van der Waals surface area contributed by atoms with Gasteiger partial charge in [0, 0.05) is 51.9 Å². The minimum Gasteiger partial charge on any atom is -0.361 e. The molecule has 0 spiro atoms. The summed E-state index contributed by atoms with van der Waals surface area (Å²) in [5.74, 6) is -0.865. The molecule has 1 aliphatic rings. The number of fused-ring (bicyclic) bond motifs is 2. The summed E-state index contributed by atoms with van der Waals surface area (Å²) in [5.41, 5.74) is 4.12. The molecule has 1 aliphatic heterocycles. The van der Waals surface area contributed by atoms with E-state index in [1.165, 1.54) is 0 Å². The predicted octanol–water partition coefficient (Wildman–Crippen LogP) is 4.37. The minimum absolute atomic E-state index is 0.225. The monoisotopic (exact) mass is 399 g/mol. The molecule has 6 heteroatoms. The maximum Gasteiger partial charge on any atom is 0.286 e. The quantitative estimate of drug-likeness (QED) is 0.507. The average molecular weight is 399 g/mol. The van der Waals surface area contributed by atoms with E-state index in [2.05, 4.69) is 16.5 Å². The lowest BCUT2D eigenvalue weighted by Gasteiger charge is -2.12. The highest BCUT2D eigenvalue weighted by Crippen LogP contribution is 2.41. The molecule has 6 nitrogen and oxygen atoms in total. The van der Waals surface area contributed by atoms with E-state index in [9.17, 15) is 9.59 Å². The van der Waals surface area contributed by atoms with Gasteiger partial charge in [-0.1, -0.05) is 36.4 Å². The number of aromatic amines is 1. The predicted molar refractivity (Wildman–Crippen MR) is 116 cm³/mol. The number of imide groups is 1. The minimum atomic E-state index is -0.435. The number of hydrogen-bond acceptors (Lipinski definition) is 3. The second-order valence-corrected chi connectivity index (χ2v) is 7.17. The van der Waals surface area contributed by atoms with Gasteiger partial charge < -0.3 is 9.55 Å². The maximum absolute atomic E-state index is 13.4. The van der Waals surface area contributed by atoms with E-state index in [4.69, 9.17) is 4.84 Å². The molecule has 2 aromatic heterocycles. The van der Waals surface area contributed by atoms with Gasteiger partial charge in [0.1, 0.15) is 0 Å². The lowest BCUT2D eigenvalue weighted by molar-refractivity contribution is -0.183. The zero-order valence-corrected chi connectivity index (χ0v) is 16.8. The van der Waals surface area contributed by atoms with Crippen molar-refractivity contribution < 1.29 is 14.4 Å². The van der Waals surface area contributed by atoms with Crippen LogP contribution in [0.2, 0.25) is 0 Å². The Morgan fingerprint density at radius 3 is 2.27 bits per heavy atom. The van der Waals surface area contributed by atoms with Crippen LogP contribution in [0.3, 0.4) is 0 Å². The van der Waals surface area contributed by atoms with Crippen LogP contribution in [0.15, 0.2) is 60.9 Å². The number of para-hydroxylation sites is 2. The van der Waals surface area contributed by atoms with Gasteiger partial charge >= 0.3 is 0 Å². The zero-order valence-electron chi connectivity index (χ0n) is 16.8. The number of nitrogens with one attached hydrogen (secondary N) is 1. The highest BCUT2D eigenvalue weighted by atomic mass is 16.7. The van der Waals surface area contributed by atoms with Crippen molar-refractivity contribution in [1.82, 2.24) is 14.6 Å². The second-order valence-electron chi connectivity index (χ2n) is 7.17. The van der Waals surface area contributed by atoms with Gasteiger partial charge in [0.05, 0.1) is 17.8 Å². The van der Waals surface area contributed by atoms with Crippen LogP contribution in [-0.4, -0.2) is 33.0 Å². The van der Waals surface area contributed by atoms with Crippen LogP contribution in [0, 0.1) is 0 Å². The number of rotatable bonds is 5. The molecule has 0 aliphatic carbocycles. The van der Waals surface area contributed by atoms with Crippen molar-refractivity contribution in [2.24, 2.45) is 0 Å². The van der Waals surface area contributed by atoms with Crippen molar-refractivity contribution in [3.05, 3.63) is 72.1 Å². The molecule has 150 valence electrons. The Bertz CT molecular complexity index is 1340. The number of aromatic nitrogens is 2. The van der Waals surface area contributed by atoms with Gasteiger partial charge in [-0.3, -0.25) is 14.4 Å². The van der Waals surface area contributed by atoms with Crippen molar-refractivity contribution in [3.63, 3.8) is 0 Å². The number of carbonyl (C=O) groups excluding carboxylic acids is 2. The van der Waals surface area contributed by atoms with E-state index >= 15 is 0 Å². The third-order valence-corrected chi connectivity index (χ3v) is 5.56. The largest absolute Gasteiger partial charge is 0.361 e. The molecule has 2 amide bonds. The molecular weight excluding hydrogens is 378 g/mol. The van der Waals surface area contributed by atoms with Crippen LogP contribution in [0.25, 0.3) is 33.0 Å². The van der Waals surface area contributed by atoms with Crippen LogP contribution < -0.4 is 0 Å². The third-order valence-electron chi connectivity index (χ3n) is 5.56. The Hall–Kier alpha value is -3.64. The number of hydroxylamine groups is 2. The number of benzene rings is 2. The zero-order chi connectivity index (χ0) is 20.8. The summed E-state index contributed by atoms with van der Waals surface area (Å²) in [6, 6.07) is 15.7. The van der Waals surface area contributed by atoms with Crippen LogP contribution in [0.5, 0.6) is 0 Å². The van der Waals surface area contributed by atoms with Crippen molar-refractivity contribution in [1.29, 1.82) is 0 Å². The molecule has 0 saturated carbocycles. The highest BCUT2D eigenvalue weighted by molar-refractivity contribution is 6.50. The molecular formula is C24H21N3O3. The topological polar surface area (TPSA) is 67.3 Å². The van der Waals surface area contributed by atoms with Gasteiger partial charge in [-0.2, -0.15) is 0 Å². The molecule has 1 N–H and O–H groups in total. The van der Waals surface area contributed by atoms with Crippen LogP contribution in [0.1, 0.15) is 25.0 Å². The van der Waals surface area contributed by atoms with E-state index in [-0.39, 0.29) is 6.61 Å². The Labute approximate surface area is 173 Å². The molecule has 0 bridgehead atoms. The summed E-state index contributed by atoms with van der Waals surface area (Å²) in [5, 5.41) is 2.72. The molecule has 4 aromatic rings. The first-order valence-electron chi connectivity index (χ1n) is 10.1. The molecule has 0 atom stereocenters. The Morgan fingerprint density at radius 1 is 0.867 bits per heavy atom. The average Bonchev–Trinajstić information content (AvgIpc) is 3.42. The molecule has 2 aromatic carbocycles. The van der Waals surface area contributed by atoms with Gasteiger partial charge in [-0.15, -0.1) is 5.06 Å². The van der Waals surface area contributed by atoms with Crippen LogP contribution in [-0.2, 0) is 21.0 Å². The fourth-order valence-electron chi connectivity index (χ4n) is 4.24. The molecule has 0 unspecified atom stereocenters. The smallest absolute Gasteiger partial charge is 0.286 e. The van der Waals surface area contributed by atoms with Gasteiger partial charge in [0.15, 0.2) is 0 Å². The Morgan fingerprint density at radius 2 is 1.53 bits per heavy atom. The van der Waals surface area contributed by atoms with Gasteiger partial charge in [-0.05, 0) is 26.0 Å². The molecule has 3 heterocycles. The van der Waals surface area contributed by atoms with Gasteiger partial charge in [0.2, 0.25) is 0 Å². The van der Waals surface area contributed by atoms with E-state index in [1.807, 2.05) is 54.7 Å². The molecule has 0 saturated heterocycles. The first kappa shape index (κ1) is 18.4. The molecule has 0 fully saturated rings. The summed E-state index contributed by atoms with van der Waals surface area (Å²) in [4.78, 5) is 35.4. The van der Waals surface area contributed by atoms with Crippen molar-refractivity contribution in [2.45, 2.75) is 20.4 Å². The van der Waals surface area contributed by atoms with E-state index < -0.39 is 11.8 Å². The summed E-state index contributed by atoms with van der Waals surface area (Å²) in [6.07, 6.45) is 3.75. The summed E-state index contributed by atoms with van der Waals surface area (Å²) >= 11 is 0. The fourth-order valence-corrected chi connectivity index (χ4v) is 4.24. The summed E-state index contributed by atoms with van der Waals surface area (Å²) < 4.78 is 2.09. The molecule has 30 heavy (non-hydrogen) atoms. The number of H-pyrrole nitrogens is 1. The first-order chi connectivity index (χ1) is 14.7. The van der Waals surface area contributed by atoms with Gasteiger partial charge in [-0.25, -0.2) is 0 Å². The third kappa shape index (κ3) is 2.54. The standard InChI is InChI=1S/C24H21N3O3/c1-3-26-14-18(16-10-6-8-12-20(16)26)22-21(23(28)27(24(22)29)30-4-2)17-13-25-19-11-7-5-9-15(17)19/h5-14,25H,3-4H2,1-2H3. The number of hydrogen-bond donors (Lipinski definition) is 1. The summed E-state index contributed by atoms with van der Waals surface area (Å²) in [7, 11) is 0. The number of carbonyl (C=O) groups is 2. The highest BCUT2D eigenvalue weighted by Gasteiger charge is 2.42. The van der Waals surface area contributed by atoms with Crippen molar-refractivity contribution in [3.8, 4) is 0 Å². The lowest BCUT2D eigenvalue weighted by Crippen LogP contribution is -2.31.